The summed E-state index contributed by atoms with van der Waals surface area (Å²) in [6.45, 7) is 1.78. The Morgan fingerprint density at radius 3 is 2.29 bits per heavy atom. The van der Waals surface area contributed by atoms with Crippen LogP contribution in [0.25, 0.3) is 21.3 Å². The van der Waals surface area contributed by atoms with Gasteiger partial charge in [0.2, 0.25) is 0 Å². The Bertz CT molecular complexity index is 1530. The summed E-state index contributed by atoms with van der Waals surface area (Å²) < 4.78 is 31.2. The van der Waals surface area contributed by atoms with Crippen LogP contribution in [0.4, 0.5) is 0 Å². The lowest BCUT2D eigenvalue weighted by atomic mass is 10.0. The molecular formula is C25H22N2O5S2. The molecule has 7 nitrogen and oxygen atoms in total. The minimum atomic E-state index is -3.41. The number of benzene rings is 3. The molecule has 0 aliphatic rings. The van der Waals surface area contributed by atoms with Crippen LogP contribution in [0.5, 0.6) is 0 Å². The summed E-state index contributed by atoms with van der Waals surface area (Å²) in [5.74, 6) is -0.942. The molecule has 0 N–H and O–H groups in total. The third-order valence-corrected chi connectivity index (χ3v) is 7.26. The number of nitrogens with zero attached hydrogens (tertiary/aromatic N) is 2. The van der Waals surface area contributed by atoms with Gasteiger partial charge in [-0.25, -0.2) is 8.42 Å². The van der Waals surface area contributed by atoms with E-state index in [1.807, 2.05) is 42.5 Å². The Morgan fingerprint density at radius 2 is 1.65 bits per heavy atom. The zero-order valence-corrected chi connectivity index (χ0v) is 20.2. The van der Waals surface area contributed by atoms with Gasteiger partial charge in [0, 0.05) is 11.8 Å². The maximum Gasteiger partial charge on any atom is 0.326 e. The van der Waals surface area contributed by atoms with Gasteiger partial charge >= 0.3 is 5.97 Å². The van der Waals surface area contributed by atoms with Crippen LogP contribution in [0.2, 0.25) is 0 Å². The molecule has 3 aromatic carbocycles. The molecule has 0 atom stereocenters. The molecule has 1 heterocycles. The molecule has 0 aliphatic heterocycles. The second-order valence-corrected chi connectivity index (χ2v) is 10.6. The molecule has 4 rings (SSSR count). The van der Waals surface area contributed by atoms with Crippen LogP contribution in [0.15, 0.2) is 82.7 Å². The highest BCUT2D eigenvalue weighted by atomic mass is 32.2. The van der Waals surface area contributed by atoms with E-state index in [9.17, 15) is 18.0 Å². The lowest BCUT2D eigenvalue weighted by Crippen LogP contribution is -2.23. The van der Waals surface area contributed by atoms with E-state index in [1.165, 1.54) is 12.1 Å². The summed E-state index contributed by atoms with van der Waals surface area (Å²) in [6.07, 6.45) is 1.13. The molecule has 0 saturated carbocycles. The Labute approximate surface area is 200 Å². The van der Waals surface area contributed by atoms with Gasteiger partial charge in [-0.05, 0) is 48.4 Å². The van der Waals surface area contributed by atoms with Crippen LogP contribution >= 0.6 is 11.3 Å². The van der Waals surface area contributed by atoms with E-state index in [1.54, 1.807) is 29.7 Å². The highest BCUT2D eigenvalue weighted by Gasteiger charge is 2.16. The number of ether oxygens (including phenoxy) is 1. The second-order valence-electron chi connectivity index (χ2n) is 7.54. The summed E-state index contributed by atoms with van der Waals surface area (Å²) >= 11 is 1.14. The number of sulfone groups is 1. The molecule has 34 heavy (non-hydrogen) atoms. The lowest BCUT2D eigenvalue weighted by molar-refractivity contribution is -0.143. The number of carbonyl (C=O) groups is 2. The standard InChI is InChI=1S/C25H22N2O5S2/c1-3-32-23(28)16-27-21-14-13-20(34(2,30)31)15-22(21)33-25(27)26-24(29)19-11-9-18(10-12-19)17-7-5-4-6-8-17/h4-15H,3,16H2,1-2H3. The summed E-state index contributed by atoms with van der Waals surface area (Å²) in [5, 5.41) is 0. The molecule has 0 unspecified atom stereocenters. The first-order valence-corrected chi connectivity index (χ1v) is 13.2. The largest absolute Gasteiger partial charge is 0.465 e. The van der Waals surface area contributed by atoms with Crippen LogP contribution < -0.4 is 4.80 Å². The zero-order chi connectivity index (χ0) is 24.3. The SMILES string of the molecule is CCOC(=O)Cn1c(=NC(=O)c2ccc(-c3ccccc3)cc2)sc2cc(S(C)(=O)=O)ccc21. The minimum absolute atomic E-state index is 0.148. The van der Waals surface area contributed by atoms with Crippen molar-refractivity contribution in [2.45, 2.75) is 18.4 Å². The summed E-state index contributed by atoms with van der Waals surface area (Å²) in [6, 6.07) is 21.5. The molecule has 0 radical (unpaired) electrons. The van der Waals surface area contributed by atoms with E-state index in [-0.39, 0.29) is 22.8 Å². The number of rotatable bonds is 6. The molecule has 1 aromatic heterocycles. The molecule has 0 aliphatic carbocycles. The number of hydrogen-bond acceptors (Lipinski definition) is 6. The van der Waals surface area contributed by atoms with Gasteiger partial charge in [0.15, 0.2) is 14.6 Å². The van der Waals surface area contributed by atoms with E-state index in [2.05, 4.69) is 4.99 Å². The van der Waals surface area contributed by atoms with Crippen molar-refractivity contribution >= 4 is 43.3 Å². The van der Waals surface area contributed by atoms with E-state index in [0.29, 0.717) is 15.8 Å². The van der Waals surface area contributed by atoms with Crippen LogP contribution in [0.3, 0.4) is 0 Å². The first kappa shape index (κ1) is 23.6. The third-order valence-electron chi connectivity index (χ3n) is 5.11. The molecule has 0 fully saturated rings. The van der Waals surface area contributed by atoms with Gasteiger partial charge in [0.05, 0.1) is 21.7 Å². The molecule has 9 heteroatoms. The molecule has 4 aromatic rings. The third kappa shape index (κ3) is 5.16. The number of fused-ring (bicyclic) bond motifs is 1. The Kier molecular flexibility index (Phi) is 6.76. The number of thiazole rings is 1. The zero-order valence-electron chi connectivity index (χ0n) is 18.6. The molecule has 0 bridgehead atoms. The van der Waals surface area contributed by atoms with Gasteiger partial charge in [-0.2, -0.15) is 4.99 Å². The minimum Gasteiger partial charge on any atom is -0.465 e. The molecule has 174 valence electrons. The lowest BCUT2D eigenvalue weighted by Gasteiger charge is -2.06. The first-order valence-electron chi connectivity index (χ1n) is 10.5. The fraction of sp³-hybridized carbons (Fsp3) is 0.160. The van der Waals surface area contributed by atoms with E-state index >= 15 is 0 Å². The van der Waals surface area contributed by atoms with Crippen molar-refractivity contribution < 1.29 is 22.7 Å². The summed E-state index contributed by atoms with van der Waals surface area (Å²) in [7, 11) is -3.41. The average molecular weight is 495 g/mol. The van der Waals surface area contributed by atoms with Crippen LogP contribution in [0, 0.1) is 0 Å². The van der Waals surface area contributed by atoms with E-state index in [0.717, 1.165) is 28.7 Å². The van der Waals surface area contributed by atoms with Crippen LogP contribution in [-0.4, -0.2) is 37.7 Å². The highest BCUT2D eigenvalue weighted by Crippen LogP contribution is 2.23. The van der Waals surface area contributed by atoms with Crippen molar-refractivity contribution in [3.05, 3.63) is 83.2 Å². The smallest absolute Gasteiger partial charge is 0.326 e. The monoisotopic (exact) mass is 494 g/mol. The second kappa shape index (κ2) is 9.74. The molecular weight excluding hydrogens is 472 g/mol. The highest BCUT2D eigenvalue weighted by molar-refractivity contribution is 7.90. The normalized spacial score (nSPS) is 12.1. The number of amides is 1. The van der Waals surface area contributed by atoms with Crippen molar-refractivity contribution in [1.29, 1.82) is 0 Å². The van der Waals surface area contributed by atoms with Crippen molar-refractivity contribution in [2.75, 3.05) is 12.9 Å². The predicted octanol–water partition coefficient (Wildman–Crippen LogP) is 4.08. The first-order chi connectivity index (χ1) is 16.3. The number of aromatic nitrogens is 1. The fourth-order valence-corrected chi connectivity index (χ4v) is 5.23. The summed E-state index contributed by atoms with van der Waals surface area (Å²) in [5.41, 5.74) is 3.01. The van der Waals surface area contributed by atoms with Gasteiger partial charge in [-0.3, -0.25) is 9.59 Å². The average Bonchev–Trinajstić information content (AvgIpc) is 3.15. The molecule has 0 spiro atoms. The predicted molar refractivity (Wildman–Crippen MR) is 131 cm³/mol. The number of hydrogen-bond donors (Lipinski definition) is 0. The van der Waals surface area contributed by atoms with Crippen molar-refractivity contribution in [3.8, 4) is 11.1 Å². The van der Waals surface area contributed by atoms with Gasteiger partial charge in [-0.1, -0.05) is 53.8 Å². The maximum absolute atomic E-state index is 12.9. The van der Waals surface area contributed by atoms with Crippen molar-refractivity contribution in [1.82, 2.24) is 4.57 Å². The van der Waals surface area contributed by atoms with Crippen molar-refractivity contribution in [2.24, 2.45) is 4.99 Å². The van der Waals surface area contributed by atoms with E-state index < -0.39 is 21.7 Å². The quantitative estimate of drug-likeness (QED) is 0.377. The maximum atomic E-state index is 12.9. The van der Waals surface area contributed by atoms with Gasteiger partial charge in [-0.15, -0.1) is 0 Å². The van der Waals surface area contributed by atoms with Gasteiger partial charge in [0.25, 0.3) is 5.91 Å². The molecule has 0 saturated heterocycles. The Balaban J connectivity index is 1.75. The van der Waals surface area contributed by atoms with E-state index in [4.69, 9.17) is 4.74 Å². The Hall–Kier alpha value is -3.56. The van der Waals surface area contributed by atoms with Crippen LogP contribution in [-0.2, 0) is 25.9 Å². The fourth-order valence-electron chi connectivity index (χ4n) is 3.45. The Morgan fingerprint density at radius 1 is 0.971 bits per heavy atom. The topological polar surface area (TPSA) is 94.8 Å². The molecule has 1 amide bonds. The summed E-state index contributed by atoms with van der Waals surface area (Å²) in [4.78, 5) is 29.8. The van der Waals surface area contributed by atoms with Crippen LogP contribution in [0.1, 0.15) is 17.3 Å². The number of esters is 1. The van der Waals surface area contributed by atoms with Gasteiger partial charge in [0.1, 0.15) is 6.54 Å². The van der Waals surface area contributed by atoms with Gasteiger partial charge < -0.3 is 9.30 Å². The van der Waals surface area contributed by atoms with Crippen molar-refractivity contribution in [3.63, 3.8) is 0 Å². The number of carbonyl (C=O) groups excluding carboxylic acids is 2.